The molecule has 64 valence electrons. The van der Waals surface area contributed by atoms with Crippen LogP contribution >= 0.6 is 0 Å². The molecule has 1 aliphatic rings. The molecule has 12 heavy (non-hydrogen) atoms. The predicted molar refractivity (Wildman–Crippen MR) is 48.4 cm³/mol. The van der Waals surface area contributed by atoms with Crippen LogP contribution in [0.5, 0.6) is 0 Å². The van der Waals surface area contributed by atoms with Gasteiger partial charge in [0.1, 0.15) is 0 Å². The number of nitrogens with zero attached hydrogens (tertiary/aromatic N) is 1. The summed E-state index contributed by atoms with van der Waals surface area (Å²) in [6, 6.07) is 5.56. The Morgan fingerprint density at radius 1 is 1.50 bits per heavy atom. The second kappa shape index (κ2) is 2.77. The molecule has 0 amide bonds. The molecule has 0 saturated carbocycles. The van der Waals surface area contributed by atoms with Crippen LogP contribution in [0.2, 0.25) is 0 Å². The zero-order valence-electron chi connectivity index (χ0n) is 7.29. The molecule has 0 radical (unpaired) electrons. The van der Waals surface area contributed by atoms with E-state index in [-0.39, 0.29) is 5.56 Å². The summed E-state index contributed by atoms with van der Waals surface area (Å²) in [6.07, 6.45) is 2.35. The van der Waals surface area contributed by atoms with E-state index in [1.165, 1.54) is 12.1 Å². The number of hydrogen-bond acceptors (Lipinski definition) is 1. The zero-order valence-corrected chi connectivity index (χ0v) is 7.29. The Labute approximate surface area is 71.8 Å². The fraction of sp³-hybridized carbons (Fsp3) is 0.500. The second-order valence-corrected chi connectivity index (χ2v) is 3.48. The molecule has 2 nitrogen and oxygen atoms in total. The van der Waals surface area contributed by atoms with Gasteiger partial charge in [-0.25, -0.2) is 0 Å². The summed E-state index contributed by atoms with van der Waals surface area (Å²) in [7, 11) is 0. The minimum atomic E-state index is 0.152. The third-order valence-corrected chi connectivity index (χ3v) is 2.61. The third-order valence-electron chi connectivity index (χ3n) is 2.61. The van der Waals surface area contributed by atoms with E-state index in [9.17, 15) is 4.79 Å². The summed E-state index contributed by atoms with van der Waals surface area (Å²) < 4.78 is 1.90. The van der Waals surface area contributed by atoms with Crippen LogP contribution in [0.1, 0.15) is 31.4 Å². The van der Waals surface area contributed by atoms with Gasteiger partial charge in [-0.2, -0.15) is 0 Å². The molecule has 1 atom stereocenters. The molecule has 2 heteroatoms. The van der Waals surface area contributed by atoms with Gasteiger partial charge in [-0.15, -0.1) is 0 Å². The number of rotatable bonds is 0. The first-order chi connectivity index (χ1) is 5.79. The van der Waals surface area contributed by atoms with Gasteiger partial charge < -0.3 is 4.57 Å². The molecule has 2 heterocycles. The monoisotopic (exact) mass is 163 g/mol. The summed E-state index contributed by atoms with van der Waals surface area (Å²) in [5, 5.41) is 0. The van der Waals surface area contributed by atoms with Crippen molar-refractivity contribution in [1.29, 1.82) is 0 Å². The van der Waals surface area contributed by atoms with Crippen molar-refractivity contribution in [3.8, 4) is 0 Å². The molecule has 0 N–H and O–H groups in total. The van der Waals surface area contributed by atoms with Crippen LogP contribution in [-0.2, 0) is 6.54 Å². The number of fused-ring (bicyclic) bond motifs is 1. The van der Waals surface area contributed by atoms with Crippen molar-refractivity contribution in [3.63, 3.8) is 0 Å². The van der Waals surface area contributed by atoms with E-state index in [0.717, 1.165) is 13.0 Å². The van der Waals surface area contributed by atoms with Crippen LogP contribution < -0.4 is 5.56 Å². The van der Waals surface area contributed by atoms with E-state index in [0.29, 0.717) is 5.92 Å². The summed E-state index contributed by atoms with van der Waals surface area (Å²) in [6.45, 7) is 3.09. The Balaban J connectivity index is 2.59. The van der Waals surface area contributed by atoms with Gasteiger partial charge in [0.2, 0.25) is 0 Å². The van der Waals surface area contributed by atoms with Crippen molar-refractivity contribution >= 4 is 0 Å². The van der Waals surface area contributed by atoms with Crippen LogP contribution in [0.3, 0.4) is 0 Å². The Morgan fingerprint density at radius 2 is 2.33 bits per heavy atom. The fourth-order valence-corrected chi connectivity index (χ4v) is 1.91. The van der Waals surface area contributed by atoms with Gasteiger partial charge in [0.05, 0.1) is 0 Å². The molecular weight excluding hydrogens is 150 g/mol. The van der Waals surface area contributed by atoms with Crippen LogP contribution in [0.4, 0.5) is 0 Å². The molecule has 0 aromatic carbocycles. The molecule has 1 aromatic rings. The average Bonchev–Trinajstić information content (AvgIpc) is 2.07. The number of pyridine rings is 1. The molecular formula is C10H13NO. The first kappa shape index (κ1) is 7.59. The highest BCUT2D eigenvalue weighted by Gasteiger charge is 2.15. The first-order valence-corrected chi connectivity index (χ1v) is 4.49. The maximum absolute atomic E-state index is 11.4. The highest BCUT2D eigenvalue weighted by molar-refractivity contribution is 5.12. The van der Waals surface area contributed by atoms with Gasteiger partial charge in [0.25, 0.3) is 5.56 Å². The van der Waals surface area contributed by atoms with Gasteiger partial charge in [0, 0.05) is 18.3 Å². The Kier molecular flexibility index (Phi) is 1.75. The SMILES string of the molecule is C[C@H]1CCCn2c1cccc2=O. The molecule has 0 spiro atoms. The normalized spacial score (nSPS) is 21.9. The maximum Gasteiger partial charge on any atom is 0.250 e. The van der Waals surface area contributed by atoms with E-state index in [1.807, 2.05) is 10.6 Å². The number of aromatic nitrogens is 1. The molecule has 0 saturated heterocycles. The zero-order chi connectivity index (χ0) is 8.55. The fourth-order valence-electron chi connectivity index (χ4n) is 1.91. The van der Waals surface area contributed by atoms with E-state index < -0.39 is 0 Å². The van der Waals surface area contributed by atoms with Crippen LogP contribution in [-0.4, -0.2) is 4.57 Å². The lowest BCUT2D eigenvalue weighted by molar-refractivity contribution is 0.459. The number of hydrogen-bond donors (Lipinski definition) is 0. The van der Waals surface area contributed by atoms with Crippen LogP contribution in [0.15, 0.2) is 23.0 Å². The van der Waals surface area contributed by atoms with Crippen LogP contribution in [0.25, 0.3) is 0 Å². The second-order valence-electron chi connectivity index (χ2n) is 3.48. The summed E-state index contributed by atoms with van der Waals surface area (Å²) >= 11 is 0. The lowest BCUT2D eigenvalue weighted by Gasteiger charge is -2.23. The van der Waals surface area contributed by atoms with Gasteiger partial charge in [0.15, 0.2) is 0 Å². The standard InChI is InChI=1S/C10H13NO/c1-8-4-3-7-11-9(8)5-2-6-10(11)12/h2,5-6,8H,3-4,7H2,1H3/t8-/m0/s1. The van der Waals surface area contributed by atoms with Crippen molar-refractivity contribution < 1.29 is 0 Å². The molecule has 1 aliphatic heterocycles. The Bertz CT molecular complexity index is 340. The van der Waals surface area contributed by atoms with Gasteiger partial charge >= 0.3 is 0 Å². The van der Waals surface area contributed by atoms with Crippen molar-refractivity contribution in [2.45, 2.75) is 32.2 Å². The van der Waals surface area contributed by atoms with Crippen molar-refractivity contribution in [2.24, 2.45) is 0 Å². The molecule has 0 bridgehead atoms. The van der Waals surface area contributed by atoms with E-state index in [2.05, 4.69) is 13.0 Å². The summed E-state index contributed by atoms with van der Waals surface area (Å²) in [5.74, 6) is 0.549. The Morgan fingerprint density at radius 3 is 3.08 bits per heavy atom. The lowest BCUT2D eigenvalue weighted by Crippen LogP contribution is -2.26. The quantitative estimate of drug-likeness (QED) is 0.571. The summed E-state index contributed by atoms with van der Waals surface area (Å²) in [4.78, 5) is 11.4. The average molecular weight is 163 g/mol. The Hall–Kier alpha value is -1.05. The molecule has 1 aromatic heterocycles. The third kappa shape index (κ3) is 1.07. The minimum absolute atomic E-state index is 0.152. The van der Waals surface area contributed by atoms with Crippen molar-refractivity contribution in [2.75, 3.05) is 0 Å². The molecule has 0 unspecified atom stereocenters. The topological polar surface area (TPSA) is 22.0 Å². The van der Waals surface area contributed by atoms with Gasteiger partial charge in [-0.05, 0) is 24.8 Å². The van der Waals surface area contributed by atoms with Gasteiger partial charge in [-0.3, -0.25) is 4.79 Å². The highest BCUT2D eigenvalue weighted by Crippen LogP contribution is 2.23. The van der Waals surface area contributed by atoms with E-state index >= 15 is 0 Å². The predicted octanol–water partition coefficient (Wildman–Crippen LogP) is 1.75. The molecule has 0 aliphatic carbocycles. The lowest BCUT2D eigenvalue weighted by atomic mass is 9.97. The largest absolute Gasteiger partial charge is 0.312 e. The molecule has 2 rings (SSSR count). The molecule has 0 fully saturated rings. The summed E-state index contributed by atoms with van der Waals surface area (Å²) in [5.41, 5.74) is 1.35. The van der Waals surface area contributed by atoms with Crippen molar-refractivity contribution in [3.05, 3.63) is 34.2 Å². The minimum Gasteiger partial charge on any atom is -0.312 e. The van der Waals surface area contributed by atoms with E-state index in [1.54, 1.807) is 6.07 Å². The van der Waals surface area contributed by atoms with Gasteiger partial charge in [-0.1, -0.05) is 13.0 Å². The smallest absolute Gasteiger partial charge is 0.250 e. The van der Waals surface area contributed by atoms with Crippen LogP contribution in [0, 0.1) is 0 Å². The van der Waals surface area contributed by atoms with E-state index in [4.69, 9.17) is 0 Å². The maximum atomic E-state index is 11.4. The first-order valence-electron chi connectivity index (χ1n) is 4.49. The highest BCUT2D eigenvalue weighted by atomic mass is 16.1. The van der Waals surface area contributed by atoms with Crippen molar-refractivity contribution in [1.82, 2.24) is 4.57 Å².